The van der Waals surface area contributed by atoms with E-state index in [1.807, 2.05) is 38.1 Å². The fourth-order valence-corrected chi connectivity index (χ4v) is 2.26. The third kappa shape index (κ3) is 4.85. The minimum Gasteiger partial charge on any atom is -0.354 e. The molecule has 0 aliphatic heterocycles. The Morgan fingerprint density at radius 3 is 2.33 bits per heavy atom. The Kier molecular flexibility index (Phi) is 6.35. The van der Waals surface area contributed by atoms with Gasteiger partial charge < -0.3 is 4.90 Å². The van der Waals surface area contributed by atoms with Crippen molar-refractivity contribution >= 4 is 0 Å². The van der Waals surface area contributed by atoms with Gasteiger partial charge in [0.25, 0.3) is 0 Å². The van der Waals surface area contributed by atoms with Crippen LogP contribution in [0.25, 0.3) is 0 Å². The highest BCUT2D eigenvalue weighted by atomic mass is 19.1. The largest absolute Gasteiger partial charge is 0.354 e. The van der Waals surface area contributed by atoms with Crippen molar-refractivity contribution in [2.24, 2.45) is 0 Å². The van der Waals surface area contributed by atoms with Gasteiger partial charge in [0.15, 0.2) is 0 Å². The molecule has 3 heteroatoms. The van der Waals surface area contributed by atoms with Crippen molar-refractivity contribution in [2.45, 2.75) is 33.6 Å². The number of rotatable bonds is 6. The molecule has 0 unspecified atom stereocenters. The van der Waals surface area contributed by atoms with Gasteiger partial charge in [0.1, 0.15) is 11.6 Å². The van der Waals surface area contributed by atoms with Crippen LogP contribution in [0.4, 0.5) is 8.78 Å². The smallest absolute Gasteiger partial charge is 0.129 e. The first-order valence-corrected chi connectivity index (χ1v) is 7.05. The Morgan fingerprint density at radius 1 is 1.29 bits per heavy atom. The molecule has 0 bridgehead atoms. The van der Waals surface area contributed by atoms with Gasteiger partial charge in [-0.3, -0.25) is 0 Å². The van der Waals surface area contributed by atoms with Crippen LogP contribution >= 0.6 is 0 Å². The standard InChI is InChI=1S/C18H23F2N/c1-6-8-15(7-2)21(5)12-14(4)9-16-17(19)10-13(3)11-18(16)20/h6,8,10-12H,1,7,9H2,2-5H3/b14-12+,15-8-. The molecular formula is C18H23F2N. The molecule has 0 atom stereocenters. The van der Waals surface area contributed by atoms with Crippen molar-refractivity contribution < 1.29 is 8.78 Å². The van der Waals surface area contributed by atoms with Crippen molar-refractivity contribution in [3.63, 3.8) is 0 Å². The molecule has 1 rings (SSSR count). The molecule has 0 aliphatic rings. The van der Waals surface area contributed by atoms with Crippen LogP contribution in [0.15, 0.2) is 48.3 Å². The maximum atomic E-state index is 13.8. The summed E-state index contributed by atoms with van der Waals surface area (Å²) in [6.45, 7) is 9.29. The number of benzene rings is 1. The molecule has 0 N–H and O–H groups in total. The van der Waals surface area contributed by atoms with Crippen molar-refractivity contribution in [3.8, 4) is 0 Å². The second kappa shape index (κ2) is 7.77. The predicted octanol–water partition coefficient (Wildman–Crippen LogP) is 5.13. The normalized spacial score (nSPS) is 12.5. The lowest BCUT2D eigenvalue weighted by atomic mass is 10.0. The summed E-state index contributed by atoms with van der Waals surface area (Å²) in [5.41, 5.74) is 2.69. The van der Waals surface area contributed by atoms with E-state index in [1.54, 1.807) is 13.0 Å². The van der Waals surface area contributed by atoms with Crippen LogP contribution in [0, 0.1) is 18.6 Å². The molecule has 1 aromatic rings. The molecular weight excluding hydrogens is 268 g/mol. The number of halogens is 2. The summed E-state index contributed by atoms with van der Waals surface area (Å²) >= 11 is 0. The Balaban J connectivity index is 2.95. The summed E-state index contributed by atoms with van der Waals surface area (Å²) in [5.74, 6) is -0.972. The molecule has 114 valence electrons. The van der Waals surface area contributed by atoms with E-state index < -0.39 is 11.6 Å². The zero-order valence-corrected chi connectivity index (χ0v) is 13.2. The number of hydrogen-bond acceptors (Lipinski definition) is 1. The SMILES string of the molecule is C=C/C=C(/CC)N(C)/C=C(\C)Cc1c(F)cc(C)cc1F. The summed E-state index contributed by atoms with van der Waals surface area (Å²) in [6, 6.07) is 2.73. The first-order chi connectivity index (χ1) is 9.88. The third-order valence-corrected chi connectivity index (χ3v) is 3.28. The quantitative estimate of drug-likeness (QED) is 0.657. The van der Waals surface area contributed by atoms with E-state index in [4.69, 9.17) is 0 Å². The fraction of sp³-hybridized carbons (Fsp3) is 0.333. The second-order valence-electron chi connectivity index (χ2n) is 5.22. The Morgan fingerprint density at radius 2 is 1.86 bits per heavy atom. The van der Waals surface area contributed by atoms with Crippen molar-refractivity contribution in [2.75, 3.05) is 7.05 Å². The molecule has 0 aliphatic carbocycles. The summed E-state index contributed by atoms with van der Waals surface area (Å²) in [7, 11) is 1.92. The third-order valence-electron chi connectivity index (χ3n) is 3.28. The van der Waals surface area contributed by atoms with Gasteiger partial charge >= 0.3 is 0 Å². The van der Waals surface area contributed by atoms with E-state index in [9.17, 15) is 8.78 Å². The maximum Gasteiger partial charge on any atom is 0.129 e. The summed E-state index contributed by atoms with van der Waals surface area (Å²) in [4.78, 5) is 1.96. The van der Waals surface area contributed by atoms with Crippen molar-refractivity contribution in [1.29, 1.82) is 0 Å². The van der Waals surface area contributed by atoms with Gasteiger partial charge in [-0.2, -0.15) is 0 Å². The molecule has 0 aromatic heterocycles. The number of allylic oxidation sites excluding steroid dienone is 4. The molecule has 0 spiro atoms. The molecule has 21 heavy (non-hydrogen) atoms. The minimum absolute atomic E-state index is 0.119. The van der Waals surface area contributed by atoms with E-state index in [0.29, 0.717) is 5.56 Å². The van der Waals surface area contributed by atoms with Gasteiger partial charge in [-0.1, -0.05) is 25.2 Å². The number of nitrogens with zero attached hydrogens (tertiary/aromatic N) is 1. The molecule has 1 aromatic carbocycles. The van der Waals surface area contributed by atoms with Crippen LogP contribution in [-0.4, -0.2) is 11.9 Å². The van der Waals surface area contributed by atoms with Gasteiger partial charge in [-0.05, 0) is 44.0 Å². The van der Waals surface area contributed by atoms with Gasteiger partial charge in [0.2, 0.25) is 0 Å². The number of aryl methyl sites for hydroxylation is 1. The lowest BCUT2D eigenvalue weighted by molar-refractivity contribution is 0.535. The molecule has 1 nitrogen and oxygen atoms in total. The Bertz CT molecular complexity index is 548. The predicted molar refractivity (Wildman–Crippen MR) is 84.9 cm³/mol. The van der Waals surface area contributed by atoms with Crippen LogP contribution in [0.3, 0.4) is 0 Å². The fourth-order valence-electron chi connectivity index (χ4n) is 2.26. The van der Waals surface area contributed by atoms with E-state index in [0.717, 1.165) is 17.7 Å². The van der Waals surface area contributed by atoms with Gasteiger partial charge in [0.05, 0.1) is 0 Å². The van der Waals surface area contributed by atoms with Gasteiger partial charge in [-0.15, -0.1) is 0 Å². The summed E-state index contributed by atoms with van der Waals surface area (Å²) in [5, 5.41) is 0. The van der Waals surface area contributed by atoms with E-state index >= 15 is 0 Å². The average molecular weight is 291 g/mol. The molecule has 0 saturated carbocycles. The molecule has 0 fully saturated rings. The Labute approximate surface area is 126 Å². The highest BCUT2D eigenvalue weighted by molar-refractivity contribution is 5.29. The van der Waals surface area contributed by atoms with Crippen molar-refractivity contribution in [1.82, 2.24) is 4.90 Å². The molecule has 0 amide bonds. The summed E-state index contributed by atoms with van der Waals surface area (Å²) in [6.07, 6.45) is 6.68. The highest BCUT2D eigenvalue weighted by Gasteiger charge is 2.11. The Hall–Kier alpha value is -1.90. The van der Waals surface area contributed by atoms with Crippen LogP contribution < -0.4 is 0 Å². The molecule has 0 radical (unpaired) electrons. The maximum absolute atomic E-state index is 13.8. The van der Waals surface area contributed by atoms with Gasteiger partial charge in [0, 0.05) is 30.9 Å². The van der Waals surface area contributed by atoms with Crippen LogP contribution in [0.5, 0.6) is 0 Å². The van der Waals surface area contributed by atoms with Crippen LogP contribution in [0.1, 0.15) is 31.4 Å². The number of hydrogen-bond donors (Lipinski definition) is 0. The van der Waals surface area contributed by atoms with Crippen molar-refractivity contribution in [3.05, 3.63) is 71.1 Å². The zero-order valence-electron chi connectivity index (χ0n) is 13.2. The van der Waals surface area contributed by atoms with E-state index in [1.165, 1.54) is 12.1 Å². The van der Waals surface area contributed by atoms with E-state index in [2.05, 4.69) is 6.58 Å². The lowest BCUT2D eigenvalue weighted by Crippen LogP contribution is -2.11. The summed E-state index contributed by atoms with van der Waals surface area (Å²) < 4.78 is 27.7. The van der Waals surface area contributed by atoms with Crippen LogP contribution in [-0.2, 0) is 6.42 Å². The minimum atomic E-state index is -0.486. The lowest BCUT2D eigenvalue weighted by Gasteiger charge is -2.18. The zero-order chi connectivity index (χ0) is 16.0. The average Bonchev–Trinajstić information content (AvgIpc) is 2.39. The monoisotopic (exact) mass is 291 g/mol. The molecule has 0 heterocycles. The topological polar surface area (TPSA) is 3.24 Å². The van der Waals surface area contributed by atoms with Gasteiger partial charge in [-0.25, -0.2) is 8.78 Å². The van der Waals surface area contributed by atoms with Crippen LogP contribution in [0.2, 0.25) is 0 Å². The first-order valence-electron chi connectivity index (χ1n) is 7.05. The highest BCUT2D eigenvalue weighted by Crippen LogP contribution is 2.19. The van der Waals surface area contributed by atoms with E-state index in [-0.39, 0.29) is 12.0 Å². The second-order valence-corrected chi connectivity index (χ2v) is 5.22. The molecule has 0 saturated heterocycles. The first kappa shape index (κ1) is 17.2.